The van der Waals surface area contributed by atoms with Gasteiger partial charge in [0.15, 0.2) is 0 Å². The van der Waals surface area contributed by atoms with E-state index in [1.807, 2.05) is 0 Å². The van der Waals surface area contributed by atoms with Crippen molar-refractivity contribution < 1.29 is 21.4 Å². The zero-order valence-corrected chi connectivity index (χ0v) is 12.9. The summed E-state index contributed by atoms with van der Waals surface area (Å²) in [5.41, 5.74) is 1.59. The Hall–Kier alpha value is 0.350. The van der Waals surface area contributed by atoms with E-state index in [9.17, 15) is 0 Å². The second kappa shape index (κ2) is 4.72. The molecule has 0 aromatic heterocycles. The average Bonchev–Trinajstić information content (AvgIpc) is 2.45. The van der Waals surface area contributed by atoms with Gasteiger partial charge in [0.25, 0.3) is 0 Å². The molecular formula is C12H21Hf. The van der Waals surface area contributed by atoms with Crippen molar-refractivity contribution in [2.75, 3.05) is 0 Å². The van der Waals surface area contributed by atoms with E-state index in [0.717, 1.165) is 0 Å². The van der Waals surface area contributed by atoms with Crippen molar-refractivity contribution in [2.45, 2.75) is 45.6 Å². The van der Waals surface area contributed by atoms with Crippen LogP contribution in [0.25, 0.3) is 0 Å². The average molecular weight is 344 g/mol. The first kappa shape index (κ1) is 11.4. The summed E-state index contributed by atoms with van der Waals surface area (Å²) in [6.45, 7) is 4.69. The first-order valence-corrected chi connectivity index (χ1v) is 14.3. The number of hydrogen-bond donors (Lipinski definition) is 0. The predicted molar refractivity (Wildman–Crippen MR) is 56.8 cm³/mol. The molecular weight excluding hydrogens is 323 g/mol. The minimum absolute atomic E-state index is 0.535. The first-order chi connectivity index (χ1) is 6.08. The predicted octanol–water partition coefficient (Wildman–Crippen LogP) is 4.57. The molecule has 0 spiro atoms. The van der Waals surface area contributed by atoms with Gasteiger partial charge in [-0.1, -0.05) is 0 Å². The Balaban J connectivity index is 2.59. The van der Waals surface area contributed by atoms with E-state index in [2.05, 4.69) is 41.4 Å². The van der Waals surface area contributed by atoms with Crippen molar-refractivity contribution >= 4 is 0 Å². The van der Waals surface area contributed by atoms with Gasteiger partial charge >= 0.3 is 90.9 Å². The van der Waals surface area contributed by atoms with E-state index in [-0.39, 0.29) is 0 Å². The zero-order chi connectivity index (χ0) is 9.90. The van der Waals surface area contributed by atoms with Crippen LogP contribution in [0.5, 0.6) is 0 Å². The molecule has 1 rings (SSSR count). The van der Waals surface area contributed by atoms with Crippen molar-refractivity contribution in [3.63, 3.8) is 0 Å². The van der Waals surface area contributed by atoms with Crippen LogP contribution < -0.4 is 0 Å². The van der Waals surface area contributed by atoms with Crippen LogP contribution in [0.1, 0.15) is 33.1 Å². The third-order valence-corrected chi connectivity index (χ3v) is 11.9. The van der Waals surface area contributed by atoms with Gasteiger partial charge < -0.3 is 0 Å². The van der Waals surface area contributed by atoms with Gasteiger partial charge in [0, 0.05) is 0 Å². The summed E-state index contributed by atoms with van der Waals surface area (Å²) in [5, 5.41) is 0. The molecule has 1 unspecified atom stereocenters. The fourth-order valence-corrected chi connectivity index (χ4v) is 4.81. The number of hydrogen-bond acceptors (Lipinski definition) is 0. The summed E-state index contributed by atoms with van der Waals surface area (Å²) >= 11 is -1.26. The summed E-state index contributed by atoms with van der Waals surface area (Å²) in [7, 11) is 0. The van der Waals surface area contributed by atoms with Gasteiger partial charge in [-0.15, -0.1) is 0 Å². The second-order valence-corrected chi connectivity index (χ2v) is 15.5. The molecule has 0 saturated heterocycles. The van der Waals surface area contributed by atoms with Gasteiger partial charge in [0.05, 0.1) is 0 Å². The van der Waals surface area contributed by atoms with E-state index in [1.54, 1.807) is 5.57 Å². The van der Waals surface area contributed by atoms with Crippen LogP contribution in [0.2, 0.25) is 12.5 Å². The molecule has 0 aromatic rings. The topological polar surface area (TPSA) is 0 Å². The number of rotatable bonds is 4. The van der Waals surface area contributed by atoms with Crippen LogP contribution in [0.15, 0.2) is 23.8 Å². The van der Waals surface area contributed by atoms with E-state index in [0.29, 0.717) is 3.17 Å². The maximum absolute atomic E-state index is 2.55. The second-order valence-electron chi connectivity index (χ2n) is 4.44. The summed E-state index contributed by atoms with van der Waals surface area (Å²) in [5.74, 6) is 0. The first-order valence-electron chi connectivity index (χ1n) is 5.30. The van der Waals surface area contributed by atoms with Crippen LogP contribution in [0, 0.1) is 0 Å². The molecule has 1 atom stereocenters. The summed E-state index contributed by atoms with van der Waals surface area (Å²) in [6.07, 6.45) is 11.3. The van der Waals surface area contributed by atoms with Crippen molar-refractivity contribution in [3.05, 3.63) is 23.8 Å². The zero-order valence-electron chi connectivity index (χ0n) is 9.35. The van der Waals surface area contributed by atoms with Crippen molar-refractivity contribution in [2.24, 2.45) is 0 Å². The third-order valence-electron chi connectivity index (χ3n) is 3.03. The van der Waals surface area contributed by atoms with Crippen LogP contribution in [-0.2, 0) is 21.4 Å². The van der Waals surface area contributed by atoms with Gasteiger partial charge in [0.1, 0.15) is 0 Å². The van der Waals surface area contributed by atoms with Gasteiger partial charge in [0.2, 0.25) is 0 Å². The number of unbranched alkanes of at least 4 members (excludes halogenated alkanes) is 1. The molecule has 0 aliphatic heterocycles. The quantitative estimate of drug-likeness (QED) is 0.656. The summed E-state index contributed by atoms with van der Waals surface area (Å²) < 4.78 is 5.55. The van der Waals surface area contributed by atoms with Crippen LogP contribution in [0.4, 0.5) is 0 Å². The molecule has 0 fully saturated rings. The van der Waals surface area contributed by atoms with E-state index in [1.165, 1.54) is 19.3 Å². The molecule has 0 heterocycles. The summed E-state index contributed by atoms with van der Waals surface area (Å²) in [4.78, 5) is 0. The Kier molecular flexibility index (Phi) is 4.15. The van der Waals surface area contributed by atoms with Crippen LogP contribution in [-0.4, -0.2) is 0 Å². The molecule has 0 nitrogen and oxygen atoms in total. The van der Waals surface area contributed by atoms with Crippen molar-refractivity contribution in [3.8, 4) is 0 Å². The van der Waals surface area contributed by atoms with E-state index < -0.39 is 21.4 Å². The molecule has 0 amide bonds. The molecule has 1 heteroatoms. The fourth-order valence-electron chi connectivity index (χ4n) is 1.61. The third kappa shape index (κ3) is 2.90. The van der Waals surface area contributed by atoms with Gasteiger partial charge in [-0.2, -0.15) is 0 Å². The van der Waals surface area contributed by atoms with E-state index in [4.69, 9.17) is 0 Å². The summed E-state index contributed by atoms with van der Waals surface area (Å²) in [6, 6.07) is 0. The van der Waals surface area contributed by atoms with Gasteiger partial charge in [-0.25, -0.2) is 0 Å². The fraction of sp³-hybridized carbons (Fsp3) is 0.667. The van der Waals surface area contributed by atoms with Crippen molar-refractivity contribution in [1.29, 1.82) is 0 Å². The van der Waals surface area contributed by atoms with Crippen molar-refractivity contribution in [1.82, 2.24) is 0 Å². The molecule has 0 aromatic carbocycles. The molecule has 1 aliphatic rings. The van der Waals surface area contributed by atoms with Gasteiger partial charge in [-0.05, 0) is 0 Å². The Bertz CT molecular complexity index is 225. The Morgan fingerprint density at radius 2 is 2.08 bits per heavy atom. The Morgan fingerprint density at radius 1 is 1.38 bits per heavy atom. The molecule has 73 valence electrons. The standard InChI is InChI=1S/C10H15.2CH3.Hf/c1-3-4-5-10-7-6-9(2)8-10;;;/h6-8H,3-5H2,1-2H3;2*1H3;. The van der Waals surface area contributed by atoms with Crippen LogP contribution in [0.3, 0.4) is 0 Å². The van der Waals surface area contributed by atoms with Crippen LogP contribution >= 0.6 is 0 Å². The molecule has 0 radical (unpaired) electrons. The monoisotopic (exact) mass is 345 g/mol. The number of allylic oxidation sites excluding steroid dienone is 4. The Morgan fingerprint density at radius 3 is 2.54 bits per heavy atom. The molecule has 0 saturated carbocycles. The van der Waals surface area contributed by atoms with E-state index >= 15 is 0 Å². The molecule has 0 N–H and O–H groups in total. The normalized spacial score (nSPS) is 26.3. The SMILES string of the molecule is CCCCC1=C[C](C)([Hf]([CH3])[CH3])C=C1. The molecule has 0 bridgehead atoms. The minimum atomic E-state index is -1.26. The Labute approximate surface area is 90.6 Å². The maximum atomic E-state index is 2.55. The molecule has 13 heavy (non-hydrogen) atoms. The van der Waals surface area contributed by atoms with Gasteiger partial charge in [-0.3, -0.25) is 0 Å². The molecule has 1 aliphatic carbocycles.